The molecular weight excluding hydrogens is 422 g/mol. The van der Waals surface area contributed by atoms with Gasteiger partial charge in [-0.15, -0.1) is 0 Å². The third-order valence-corrected chi connectivity index (χ3v) is 5.99. The minimum Gasteiger partial charge on any atom is -0.479 e. The first-order chi connectivity index (χ1) is 16.1. The molecule has 10 heteroatoms. The number of methoxy groups -OCH3 is 2. The highest BCUT2D eigenvalue weighted by molar-refractivity contribution is 5.86. The summed E-state index contributed by atoms with van der Waals surface area (Å²) in [6.45, 7) is 0.815. The lowest BCUT2D eigenvalue weighted by molar-refractivity contribution is 0.180. The number of amides is 1. The summed E-state index contributed by atoms with van der Waals surface area (Å²) >= 11 is 0. The van der Waals surface area contributed by atoms with Crippen molar-refractivity contribution in [3.63, 3.8) is 0 Å². The molecule has 174 valence electrons. The lowest BCUT2D eigenvalue weighted by Gasteiger charge is -2.29. The Kier molecular flexibility index (Phi) is 7.01. The number of ether oxygens (including phenoxy) is 2. The van der Waals surface area contributed by atoms with Gasteiger partial charge in [0.15, 0.2) is 0 Å². The Morgan fingerprint density at radius 1 is 1.09 bits per heavy atom. The van der Waals surface area contributed by atoms with Crippen molar-refractivity contribution in [3.8, 4) is 5.88 Å². The standard InChI is InChI=1S/C23H29N7O3/c1-30(23(31)33-3)18-13-26-22(27-14-18)25-12-15-4-7-17(8-5-15)28-19-9-6-16-10-11-24-21(32-2)20(16)29-19/h6,9-11,13-15,17H,4-5,7-8,12H2,1-3H3,(H,28,29)(H,25,26,27)/t15-,17-. The highest BCUT2D eigenvalue weighted by Crippen LogP contribution is 2.28. The van der Waals surface area contributed by atoms with Gasteiger partial charge in [0.25, 0.3) is 0 Å². The van der Waals surface area contributed by atoms with Crippen molar-refractivity contribution in [2.75, 3.05) is 43.3 Å². The molecule has 0 saturated heterocycles. The number of anilines is 3. The summed E-state index contributed by atoms with van der Waals surface area (Å²) < 4.78 is 10.0. The number of hydrogen-bond donors (Lipinski definition) is 2. The van der Waals surface area contributed by atoms with E-state index in [0.29, 0.717) is 29.5 Å². The van der Waals surface area contributed by atoms with Crippen LogP contribution >= 0.6 is 0 Å². The molecule has 1 fully saturated rings. The van der Waals surface area contributed by atoms with Crippen LogP contribution < -0.4 is 20.3 Å². The first kappa shape index (κ1) is 22.5. The lowest BCUT2D eigenvalue weighted by Crippen LogP contribution is -2.29. The fourth-order valence-electron chi connectivity index (χ4n) is 4.04. The van der Waals surface area contributed by atoms with Gasteiger partial charge in [0.1, 0.15) is 11.3 Å². The second kappa shape index (κ2) is 10.3. The van der Waals surface area contributed by atoms with Crippen LogP contribution in [0.1, 0.15) is 25.7 Å². The Balaban J connectivity index is 1.26. The van der Waals surface area contributed by atoms with Crippen molar-refractivity contribution in [2.24, 2.45) is 5.92 Å². The van der Waals surface area contributed by atoms with Crippen molar-refractivity contribution in [3.05, 3.63) is 36.8 Å². The largest absolute Gasteiger partial charge is 0.479 e. The number of aromatic nitrogens is 4. The highest BCUT2D eigenvalue weighted by atomic mass is 16.5. The van der Waals surface area contributed by atoms with E-state index in [4.69, 9.17) is 14.5 Å². The minimum atomic E-state index is -0.459. The number of fused-ring (bicyclic) bond motifs is 1. The molecule has 0 bridgehead atoms. The maximum Gasteiger partial charge on any atom is 0.413 e. The molecule has 0 radical (unpaired) electrons. The Morgan fingerprint density at radius 3 is 2.55 bits per heavy atom. The maximum atomic E-state index is 11.6. The van der Waals surface area contributed by atoms with Gasteiger partial charge in [-0.2, -0.15) is 0 Å². The van der Waals surface area contributed by atoms with Crippen LogP contribution in [0.5, 0.6) is 5.88 Å². The molecule has 4 rings (SSSR count). The fourth-order valence-corrected chi connectivity index (χ4v) is 4.04. The number of carbonyl (C=O) groups excluding carboxylic acids is 1. The van der Waals surface area contributed by atoms with Crippen LogP contribution in [0, 0.1) is 5.92 Å². The third-order valence-electron chi connectivity index (χ3n) is 5.99. The lowest BCUT2D eigenvalue weighted by atomic mass is 9.86. The van der Waals surface area contributed by atoms with Crippen molar-refractivity contribution >= 4 is 34.4 Å². The molecule has 0 spiro atoms. The zero-order valence-corrected chi connectivity index (χ0v) is 19.1. The zero-order valence-electron chi connectivity index (χ0n) is 19.1. The molecule has 10 nitrogen and oxygen atoms in total. The van der Waals surface area contributed by atoms with Crippen molar-refractivity contribution < 1.29 is 14.3 Å². The van der Waals surface area contributed by atoms with Crippen LogP contribution in [0.25, 0.3) is 10.9 Å². The Bertz CT molecular complexity index is 1090. The molecule has 1 amide bonds. The SMILES string of the molecule is COC(=O)N(C)c1cnc(NC[C@H]2CC[C@H](Nc3ccc4ccnc(OC)c4n3)CC2)nc1. The first-order valence-corrected chi connectivity index (χ1v) is 11.0. The summed E-state index contributed by atoms with van der Waals surface area (Å²) in [5.41, 5.74) is 1.35. The molecule has 0 unspecified atom stereocenters. The summed E-state index contributed by atoms with van der Waals surface area (Å²) in [5.74, 6) is 2.50. The predicted octanol–water partition coefficient (Wildman–Crippen LogP) is 3.71. The number of rotatable bonds is 7. The first-order valence-electron chi connectivity index (χ1n) is 11.0. The highest BCUT2D eigenvalue weighted by Gasteiger charge is 2.22. The summed E-state index contributed by atoms with van der Waals surface area (Å²) in [6.07, 6.45) is 8.83. The van der Waals surface area contributed by atoms with Gasteiger partial charge in [0, 0.05) is 31.2 Å². The van der Waals surface area contributed by atoms with E-state index in [1.54, 1.807) is 32.7 Å². The van der Waals surface area contributed by atoms with Crippen LogP contribution in [0.3, 0.4) is 0 Å². The summed E-state index contributed by atoms with van der Waals surface area (Å²) in [5, 5.41) is 7.89. The smallest absolute Gasteiger partial charge is 0.413 e. The van der Waals surface area contributed by atoms with Gasteiger partial charge < -0.3 is 20.1 Å². The molecule has 3 aromatic rings. The predicted molar refractivity (Wildman–Crippen MR) is 127 cm³/mol. The molecule has 0 aliphatic heterocycles. The van der Waals surface area contributed by atoms with E-state index in [9.17, 15) is 4.79 Å². The van der Waals surface area contributed by atoms with E-state index in [2.05, 4.69) is 25.6 Å². The molecule has 3 heterocycles. The van der Waals surface area contributed by atoms with Gasteiger partial charge in [-0.3, -0.25) is 4.90 Å². The van der Waals surface area contributed by atoms with Crippen molar-refractivity contribution in [1.29, 1.82) is 0 Å². The number of nitrogens with zero attached hydrogens (tertiary/aromatic N) is 5. The van der Waals surface area contributed by atoms with Crippen LogP contribution in [0.15, 0.2) is 36.8 Å². The van der Waals surface area contributed by atoms with Crippen LogP contribution in [-0.4, -0.2) is 59.9 Å². The average molecular weight is 452 g/mol. The van der Waals surface area contributed by atoms with E-state index in [0.717, 1.165) is 48.9 Å². The molecule has 1 aliphatic rings. The second-order valence-corrected chi connectivity index (χ2v) is 8.13. The molecule has 1 aliphatic carbocycles. The quantitative estimate of drug-likeness (QED) is 0.555. The Hall–Kier alpha value is -3.69. The molecule has 0 atom stereocenters. The van der Waals surface area contributed by atoms with Gasteiger partial charge in [-0.1, -0.05) is 0 Å². The number of nitrogens with one attached hydrogen (secondary N) is 2. The molecule has 1 saturated carbocycles. The number of hydrogen-bond acceptors (Lipinski definition) is 9. The van der Waals surface area contributed by atoms with Crippen LogP contribution in [0.4, 0.5) is 22.2 Å². The maximum absolute atomic E-state index is 11.6. The molecule has 2 N–H and O–H groups in total. The molecule has 3 aromatic heterocycles. The van der Waals surface area contributed by atoms with E-state index in [-0.39, 0.29) is 0 Å². The normalized spacial score (nSPS) is 17.9. The van der Waals surface area contributed by atoms with Gasteiger partial charge in [0.2, 0.25) is 11.8 Å². The fraction of sp³-hybridized carbons (Fsp3) is 0.435. The molecular formula is C23H29N7O3. The van der Waals surface area contributed by atoms with Crippen molar-refractivity contribution in [1.82, 2.24) is 19.9 Å². The van der Waals surface area contributed by atoms with Crippen molar-refractivity contribution in [2.45, 2.75) is 31.7 Å². The summed E-state index contributed by atoms with van der Waals surface area (Å²) in [6, 6.07) is 6.37. The van der Waals surface area contributed by atoms with E-state index >= 15 is 0 Å². The van der Waals surface area contributed by atoms with Gasteiger partial charge in [-0.05, 0) is 49.8 Å². The van der Waals surface area contributed by atoms with Gasteiger partial charge >= 0.3 is 6.09 Å². The molecule has 33 heavy (non-hydrogen) atoms. The number of pyridine rings is 2. The second-order valence-electron chi connectivity index (χ2n) is 8.13. The van der Waals surface area contributed by atoms with E-state index in [1.807, 2.05) is 18.2 Å². The number of carbonyl (C=O) groups is 1. The van der Waals surface area contributed by atoms with Gasteiger partial charge in [-0.25, -0.2) is 24.7 Å². The topological polar surface area (TPSA) is 114 Å². The Labute approximate surface area is 192 Å². The van der Waals surface area contributed by atoms with E-state index < -0.39 is 6.09 Å². The van der Waals surface area contributed by atoms with Crippen LogP contribution in [0.2, 0.25) is 0 Å². The average Bonchev–Trinajstić information content (AvgIpc) is 2.87. The summed E-state index contributed by atoms with van der Waals surface area (Å²) in [4.78, 5) is 30.5. The zero-order chi connectivity index (χ0) is 23.2. The third kappa shape index (κ3) is 5.39. The monoisotopic (exact) mass is 451 g/mol. The summed E-state index contributed by atoms with van der Waals surface area (Å²) in [7, 11) is 4.57. The Morgan fingerprint density at radius 2 is 1.85 bits per heavy atom. The van der Waals surface area contributed by atoms with Crippen LogP contribution in [-0.2, 0) is 4.74 Å². The van der Waals surface area contributed by atoms with E-state index in [1.165, 1.54) is 12.0 Å². The molecule has 0 aromatic carbocycles. The minimum absolute atomic E-state index is 0.387. The van der Waals surface area contributed by atoms with Gasteiger partial charge in [0.05, 0.1) is 32.3 Å².